The van der Waals surface area contributed by atoms with E-state index in [4.69, 9.17) is 9.47 Å². The third kappa shape index (κ3) is 5.77. The largest absolute Gasteiger partial charge is 0.457 e. The molecule has 0 unspecified atom stereocenters. The average Bonchev–Trinajstić information content (AvgIpc) is 2.82. The Labute approximate surface area is 182 Å². The topological polar surface area (TPSA) is 62.8 Å². The van der Waals surface area contributed by atoms with Gasteiger partial charge in [0.25, 0.3) is 0 Å². The lowest BCUT2D eigenvalue weighted by Gasteiger charge is -2.29. The fourth-order valence-corrected chi connectivity index (χ4v) is 3.39. The van der Waals surface area contributed by atoms with Gasteiger partial charge in [0.1, 0.15) is 17.5 Å². The lowest BCUT2D eigenvalue weighted by atomic mass is 10.2. The number of nitrogens with one attached hydrogen (secondary N) is 2. The Balaban J connectivity index is 1.29. The van der Waals surface area contributed by atoms with Crippen molar-refractivity contribution in [2.24, 2.45) is 0 Å². The Kier molecular flexibility index (Phi) is 6.69. The maximum absolute atomic E-state index is 12.6. The smallest absolute Gasteiger partial charge is 0.246 e. The molecule has 0 aromatic heterocycles. The predicted octanol–water partition coefficient (Wildman–Crippen LogP) is 4.75. The zero-order valence-electron chi connectivity index (χ0n) is 17.6. The quantitative estimate of drug-likeness (QED) is 0.581. The Bertz CT molecular complexity index is 969. The molecule has 1 aliphatic heterocycles. The van der Waals surface area contributed by atoms with Gasteiger partial charge in [-0.1, -0.05) is 18.2 Å². The summed E-state index contributed by atoms with van der Waals surface area (Å²) in [7, 11) is 0. The number of rotatable bonds is 7. The molecular weight excluding hydrogens is 390 g/mol. The van der Waals surface area contributed by atoms with Crippen LogP contribution in [0.15, 0.2) is 78.9 Å². The monoisotopic (exact) mass is 417 g/mol. The van der Waals surface area contributed by atoms with Gasteiger partial charge >= 0.3 is 0 Å². The van der Waals surface area contributed by atoms with E-state index in [2.05, 4.69) is 15.5 Å². The van der Waals surface area contributed by atoms with E-state index in [1.54, 1.807) is 0 Å². The molecule has 0 aliphatic carbocycles. The molecule has 0 bridgehead atoms. The molecule has 6 nitrogen and oxygen atoms in total. The lowest BCUT2D eigenvalue weighted by Crippen LogP contribution is -2.36. The number of carbonyl (C=O) groups excluding carboxylic acids is 1. The Hall–Kier alpha value is -3.51. The first kappa shape index (κ1) is 20.8. The van der Waals surface area contributed by atoms with Gasteiger partial charge in [0.05, 0.1) is 13.2 Å². The molecule has 1 saturated heterocycles. The molecule has 3 aromatic rings. The van der Waals surface area contributed by atoms with Crippen LogP contribution < -0.4 is 20.3 Å². The number of amides is 1. The highest BCUT2D eigenvalue weighted by molar-refractivity contribution is 5.96. The van der Waals surface area contributed by atoms with Gasteiger partial charge in [-0.15, -0.1) is 0 Å². The molecule has 2 N–H and O–H groups in total. The maximum Gasteiger partial charge on any atom is 0.246 e. The van der Waals surface area contributed by atoms with Crippen LogP contribution in [0.25, 0.3) is 0 Å². The molecule has 1 amide bonds. The van der Waals surface area contributed by atoms with E-state index >= 15 is 0 Å². The third-order valence-corrected chi connectivity index (χ3v) is 5.12. The number of hydrogen-bond acceptors (Lipinski definition) is 5. The first-order chi connectivity index (χ1) is 15.2. The first-order valence-corrected chi connectivity index (χ1v) is 10.5. The van der Waals surface area contributed by atoms with E-state index in [-0.39, 0.29) is 11.9 Å². The molecule has 31 heavy (non-hydrogen) atoms. The highest BCUT2D eigenvalue weighted by Crippen LogP contribution is 2.23. The van der Waals surface area contributed by atoms with Gasteiger partial charge in [0.2, 0.25) is 5.91 Å². The van der Waals surface area contributed by atoms with Crippen LogP contribution in [0.5, 0.6) is 11.5 Å². The van der Waals surface area contributed by atoms with Gasteiger partial charge in [-0.25, -0.2) is 0 Å². The van der Waals surface area contributed by atoms with Crippen LogP contribution in [0, 0.1) is 0 Å². The van der Waals surface area contributed by atoms with Crippen LogP contribution >= 0.6 is 0 Å². The van der Waals surface area contributed by atoms with Crippen LogP contribution in [0.1, 0.15) is 6.92 Å². The molecule has 1 fully saturated rings. The fourth-order valence-electron chi connectivity index (χ4n) is 3.39. The number of carbonyl (C=O) groups is 1. The number of benzene rings is 3. The number of nitrogens with zero attached hydrogens (tertiary/aromatic N) is 1. The summed E-state index contributed by atoms with van der Waals surface area (Å²) < 4.78 is 11.2. The summed E-state index contributed by atoms with van der Waals surface area (Å²) in [6.45, 7) is 5.12. The van der Waals surface area contributed by atoms with Crippen molar-refractivity contribution in [3.05, 3.63) is 78.9 Å². The molecule has 1 aliphatic rings. The lowest BCUT2D eigenvalue weighted by molar-refractivity contribution is -0.116. The van der Waals surface area contributed by atoms with Gasteiger partial charge in [-0.2, -0.15) is 0 Å². The number of anilines is 3. The van der Waals surface area contributed by atoms with Crippen molar-refractivity contribution in [3.63, 3.8) is 0 Å². The minimum absolute atomic E-state index is 0.0938. The van der Waals surface area contributed by atoms with Gasteiger partial charge in [0, 0.05) is 30.2 Å². The van der Waals surface area contributed by atoms with E-state index in [0.29, 0.717) is 0 Å². The van der Waals surface area contributed by atoms with Gasteiger partial charge in [-0.05, 0) is 67.6 Å². The van der Waals surface area contributed by atoms with Crippen molar-refractivity contribution in [3.8, 4) is 11.5 Å². The molecule has 0 radical (unpaired) electrons. The summed E-state index contributed by atoms with van der Waals surface area (Å²) >= 11 is 0. The van der Waals surface area contributed by atoms with Gasteiger partial charge < -0.3 is 25.0 Å². The van der Waals surface area contributed by atoms with E-state index in [1.807, 2.05) is 85.8 Å². The first-order valence-electron chi connectivity index (χ1n) is 10.5. The van der Waals surface area contributed by atoms with E-state index in [1.165, 1.54) is 0 Å². The van der Waals surface area contributed by atoms with Crippen LogP contribution in [0.2, 0.25) is 0 Å². The highest BCUT2D eigenvalue weighted by atomic mass is 16.5. The molecule has 3 aromatic carbocycles. The minimum Gasteiger partial charge on any atom is -0.457 e. The molecule has 0 saturated carbocycles. The van der Waals surface area contributed by atoms with Crippen LogP contribution in [0.4, 0.5) is 17.1 Å². The zero-order chi connectivity index (χ0) is 21.5. The van der Waals surface area contributed by atoms with Crippen LogP contribution in [-0.4, -0.2) is 38.3 Å². The van der Waals surface area contributed by atoms with Crippen LogP contribution in [-0.2, 0) is 9.53 Å². The molecule has 6 heteroatoms. The van der Waals surface area contributed by atoms with Crippen molar-refractivity contribution in [1.82, 2.24) is 0 Å². The second kappa shape index (κ2) is 10.00. The van der Waals surface area contributed by atoms with Crippen LogP contribution in [0.3, 0.4) is 0 Å². The Morgan fingerprint density at radius 3 is 2.16 bits per heavy atom. The minimum atomic E-state index is -0.389. The molecule has 4 rings (SSSR count). The second-order valence-electron chi connectivity index (χ2n) is 7.44. The Morgan fingerprint density at radius 1 is 0.871 bits per heavy atom. The van der Waals surface area contributed by atoms with Gasteiger partial charge in [-0.3, -0.25) is 4.79 Å². The van der Waals surface area contributed by atoms with E-state index < -0.39 is 0 Å². The van der Waals surface area contributed by atoms with Crippen molar-refractivity contribution in [2.45, 2.75) is 13.0 Å². The van der Waals surface area contributed by atoms with Crippen molar-refractivity contribution in [2.75, 3.05) is 41.8 Å². The number of hydrogen-bond donors (Lipinski definition) is 2. The number of ether oxygens (including phenoxy) is 2. The van der Waals surface area contributed by atoms with Crippen molar-refractivity contribution in [1.29, 1.82) is 0 Å². The summed E-state index contributed by atoms with van der Waals surface area (Å²) in [5.74, 6) is 1.44. The van der Waals surface area contributed by atoms with Gasteiger partial charge in [0.15, 0.2) is 0 Å². The standard InChI is InChI=1S/C25H27N3O3/c1-19(26-20-9-13-24(14-10-20)31-23-5-3-2-4-6-23)25(29)27-21-7-11-22(12-8-21)28-15-17-30-18-16-28/h2-14,19,26H,15-18H2,1H3,(H,27,29)/t19-/m0/s1. The molecule has 1 heterocycles. The SMILES string of the molecule is C[C@H](Nc1ccc(Oc2ccccc2)cc1)C(=O)Nc1ccc(N2CCOCC2)cc1. The molecule has 0 spiro atoms. The zero-order valence-corrected chi connectivity index (χ0v) is 17.6. The number of morpholine rings is 1. The summed E-state index contributed by atoms with van der Waals surface area (Å²) in [5.41, 5.74) is 2.78. The maximum atomic E-state index is 12.6. The molecule has 1 atom stereocenters. The normalized spacial score (nSPS) is 14.5. The van der Waals surface area contributed by atoms with Crippen molar-refractivity contribution >= 4 is 23.0 Å². The molecular formula is C25H27N3O3. The summed E-state index contributed by atoms with van der Waals surface area (Å²) in [4.78, 5) is 14.9. The van der Waals surface area contributed by atoms with E-state index in [9.17, 15) is 4.79 Å². The number of para-hydroxylation sites is 1. The van der Waals surface area contributed by atoms with Crippen molar-refractivity contribution < 1.29 is 14.3 Å². The summed E-state index contributed by atoms with van der Waals surface area (Å²) in [5, 5.41) is 6.19. The summed E-state index contributed by atoms with van der Waals surface area (Å²) in [6.07, 6.45) is 0. The summed E-state index contributed by atoms with van der Waals surface area (Å²) in [6, 6.07) is 24.7. The molecule has 160 valence electrons. The average molecular weight is 418 g/mol. The van der Waals surface area contributed by atoms with E-state index in [0.717, 1.165) is 54.9 Å². The highest BCUT2D eigenvalue weighted by Gasteiger charge is 2.14. The third-order valence-electron chi connectivity index (χ3n) is 5.12. The second-order valence-corrected chi connectivity index (χ2v) is 7.44. The Morgan fingerprint density at radius 2 is 1.48 bits per heavy atom. The predicted molar refractivity (Wildman–Crippen MR) is 124 cm³/mol. The fraction of sp³-hybridized carbons (Fsp3) is 0.240.